The summed E-state index contributed by atoms with van der Waals surface area (Å²) in [5.41, 5.74) is 2.30. The van der Waals surface area contributed by atoms with Crippen LogP contribution in [0.25, 0.3) is 0 Å². The van der Waals surface area contributed by atoms with Crippen LogP contribution in [0.4, 0.5) is 0 Å². The molecule has 2 aromatic rings. The molecule has 1 amide bonds. The van der Waals surface area contributed by atoms with Crippen molar-refractivity contribution < 1.29 is 9.53 Å². The van der Waals surface area contributed by atoms with Crippen LogP contribution in [0.1, 0.15) is 42.9 Å². The van der Waals surface area contributed by atoms with E-state index in [1.807, 2.05) is 18.3 Å². The van der Waals surface area contributed by atoms with E-state index in [9.17, 15) is 4.79 Å². The summed E-state index contributed by atoms with van der Waals surface area (Å²) in [7, 11) is 1.74. The molecule has 0 aromatic carbocycles. The topological polar surface area (TPSA) is 51.2 Å². The zero-order valence-electron chi connectivity index (χ0n) is 14.0. The number of rotatable bonds is 6. The number of carbonyl (C=O) groups excluding carboxylic acids is 1. The second kappa shape index (κ2) is 8.40. The molecule has 0 unspecified atom stereocenters. The molecule has 0 saturated heterocycles. The Kier molecular flexibility index (Phi) is 5.99. The number of aromatic nitrogens is 1. The van der Waals surface area contributed by atoms with E-state index < -0.39 is 0 Å². The number of hydrogen-bond donors (Lipinski definition) is 1. The van der Waals surface area contributed by atoms with Crippen LogP contribution >= 0.6 is 11.3 Å². The Labute approximate surface area is 147 Å². The molecular weight excluding hydrogens is 320 g/mol. The number of ether oxygens (including phenoxy) is 1. The van der Waals surface area contributed by atoms with Crippen molar-refractivity contribution in [1.82, 2.24) is 10.3 Å². The molecule has 128 valence electrons. The molecule has 1 aliphatic rings. The van der Waals surface area contributed by atoms with Gasteiger partial charge in [0.2, 0.25) is 5.91 Å². The molecule has 0 spiro atoms. The van der Waals surface area contributed by atoms with Gasteiger partial charge >= 0.3 is 0 Å². The molecule has 3 rings (SSSR count). The number of methoxy groups -OCH3 is 1. The van der Waals surface area contributed by atoms with Crippen LogP contribution in [0.5, 0.6) is 0 Å². The van der Waals surface area contributed by atoms with Crippen LogP contribution in [0.2, 0.25) is 0 Å². The Balaban J connectivity index is 1.70. The van der Waals surface area contributed by atoms with E-state index in [-0.39, 0.29) is 24.0 Å². The van der Waals surface area contributed by atoms with Gasteiger partial charge in [0.15, 0.2) is 0 Å². The maximum Gasteiger partial charge on any atom is 0.223 e. The number of thiophene rings is 1. The van der Waals surface area contributed by atoms with Crippen molar-refractivity contribution in [3.05, 3.63) is 52.5 Å². The third-order valence-corrected chi connectivity index (χ3v) is 5.49. The van der Waals surface area contributed by atoms with Crippen LogP contribution in [-0.4, -0.2) is 24.1 Å². The molecule has 1 N–H and O–H groups in total. The number of carbonyl (C=O) groups is 1. The van der Waals surface area contributed by atoms with E-state index in [2.05, 4.69) is 27.1 Å². The van der Waals surface area contributed by atoms with E-state index >= 15 is 0 Å². The molecule has 1 fully saturated rings. The van der Waals surface area contributed by atoms with E-state index in [4.69, 9.17) is 4.74 Å². The van der Waals surface area contributed by atoms with Gasteiger partial charge in [-0.3, -0.25) is 9.78 Å². The molecule has 2 aromatic heterocycles. The van der Waals surface area contributed by atoms with E-state index in [1.165, 1.54) is 5.56 Å². The van der Waals surface area contributed by atoms with Crippen molar-refractivity contribution in [2.75, 3.05) is 7.11 Å². The Morgan fingerprint density at radius 1 is 1.46 bits per heavy atom. The summed E-state index contributed by atoms with van der Waals surface area (Å²) in [6.45, 7) is 0. The molecule has 5 heteroatoms. The zero-order valence-corrected chi connectivity index (χ0v) is 14.8. The second-order valence-electron chi connectivity index (χ2n) is 6.40. The van der Waals surface area contributed by atoms with Gasteiger partial charge in [0.05, 0.1) is 12.1 Å². The summed E-state index contributed by atoms with van der Waals surface area (Å²) in [6.07, 6.45) is 8.49. The average molecular weight is 344 g/mol. The molecule has 1 aliphatic carbocycles. The largest absolute Gasteiger partial charge is 0.381 e. The third kappa shape index (κ3) is 4.42. The number of nitrogens with one attached hydrogen (secondary N) is 1. The Morgan fingerprint density at radius 2 is 2.38 bits per heavy atom. The van der Waals surface area contributed by atoms with E-state index in [1.54, 1.807) is 24.6 Å². The van der Waals surface area contributed by atoms with Gasteiger partial charge in [0.1, 0.15) is 0 Å². The van der Waals surface area contributed by atoms with Crippen LogP contribution in [0.15, 0.2) is 41.4 Å². The van der Waals surface area contributed by atoms with Crippen LogP contribution in [-0.2, 0) is 16.0 Å². The normalized spacial score (nSPS) is 22.0. The number of amides is 1. The monoisotopic (exact) mass is 344 g/mol. The van der Waals surface area contributed by atoms with Gasteiger partial charge in [-0.2, -0.15) is 11.3 Å². The summed E-state index contributed by atoms with van der Waals surface area (Å²) < 4.78 is 5.46. The standard InChI is InChI=1S/C19H24N2O2S/c1-23-17-6-2-4-15(11-17)19(22)21-18(10-14-7-9-24-13-14)16-5-3-8-20-12-16/h3,5,7-9,12-13,15,17-18H,2,4,6,10-11H2,1H3,(H,21,22)/t15-,17-,18+/m1/s1. The highest BCUT2D eigenvalue weighted by Crippen LogP contribution is 2.27. The minimum absolute atomic E-state index is 0.0382. The first kappa shape index (κ1) is 17.1. The van der Waals surface area contributed by atoms with Gasteiger partial charge in [-0.05, 0) is 59.7 Å². The Morgan fingerprint density at radius 3 is 3.08 bits per heavy atom. The number of hydrogen-bond acceptors (Lipinski definition) is 4. The third-order valence-electron chi connectivity index (χ3n) is 4.75. The lowest BCUT2D eigenvalue weighted by Crippen LogP contribution is -2.38. The van der Waals surface area contributed by atoms with Crippen molar-refractivity contribution in [3.8, 4) is 0 Å². The van der Waals surface area contributed by atoms with Gasteiger partial charge in [-0.15, -0.1) is 0 Å². The number of pyridine rings is 1. The molecule has 0 aliphatic heterocycles. The predicted octanol–water partition coefficient (Wildman–Crippen LogP) is 3.75. The summed E-state index contributed by atoms with van der Waals surface area (Å²) in [5, 5.41) is 7.46. The minimum atomic E-state index is -0.0382. The van der Waals surface area contributed by atoms with Gasteiger partial charge in [0.25, 0.3) is 0 Å². The first-order valence-corrected chi connectivity index (χ1v) is 9.44. The highest BCUT2D eigenvalue weighted by Gasteiger charge is 2.28. The van der Waals surface area contributed by atoms with Crippen molar-refractivity contribution in [3.63, 3.8) is 0 Å². The second-order valence-corrected chi connectivity index (χ2v) is 7.18. The fraction of sp³-hybridized carbons (Fsp3) is 0.474. The lowest BCUT2D eigenvalue weighted by molar-refractivity contribution is -0.128. The molecular formula is C19H24N2O2S. The van der Waals surface area contributed by atoms with Crippen molar-refractivity contribution in [2.45, 2.75) is 44.2 Å². The maximum atomic E-state index is 12.8. The van der Waals surface area contributed by atoms with Crippen molar-refractivity contribution in [1.29, 1.82) is 0 Å². The minimum Gasteiger partial charge on any atom is -0.381 e. The molecule has 0 bridgehead atoms. The van der Waals surface area contributed by atoms with Gasteiger partial charge in [0, 0.05) is 25.4 Å². The average Bonchev–Trinajstić information content (AvgIpc) is 3.15. The molecule has 3 atom stereocenters. The molecule has 2 heterocycles. The van der Waals surface area contributed by atoms with Crippen molar-refractivity contribution >= 4 is 17.2 Å². The van der Waals surface area contributed by atoms with Gasteiger partial charge in [-0.25, -0.2) is 0 Å². The molecule has 1 saturated carbocycles. The quantitative estimate of drug-likeness (QED) is 0.868. The first-order chi connectivity index (χ1) is 11.8. The van der Waals surface area contributed by atoms with Gasteiger partial charge in [-0.1, -0.05) is 12.5 Å². The fourth-order valence-corrected chi connectivity index (χ4v) is 4.05. The van der Waals surface area contributed by atoms with E-state index in [0.717, 1.165) is 37.7 Å². The molecule has 4 nitrogen and oxygen atoms in total. The van der Waals surface area contributed by atoms with Crippen molar-refractivity contribution in [2.24, 2.45) is 5.92 Å². The Hall–Kier alpha value is -1.72. The number of nitrogens with zero attached hydrogens (tertiary/aromatic N) is 1. The highest BCUT2D eigenvalue weighted by molar-refractivity contribution is 7.07. The SMILES string of the molecule is CO[C@@H]1CCC[C@@H](C(=O)N[C@@H](Cc2ccsc2)c2cccnc2)C1. The smallest absolute Gasteiger partial charge is 0.223 e. The molecule has 0 radical (unpaired) electrons. The Bertz CT molecular complexity index is 630. The molecule has 24 heavy (non-hydrogen) atoms. The van der Waals surface area contributed by atoms with Crippen LogP contribution in [0.3, 0.4) is 0 Å². The summed E-state index contributed by atoms with van der Waals surface area (Å²) >= 11 is 1.68. The lowest BCUT2D eigenvalue weighted by atomic mass is 9.86. The maximum absolute atomic E-state index is 12.8. The summed E-state index contributed by atoms with van der Waals surface area (Å²) in [6, 6.07) is 6.03. The van der Waals surface area contributed by atoms with Crippen LogP contribution < -0.4 is 5.32 Å². The lowest BCUT2D eigenvalue weighted by Gasteiger charge is -2.29. The first-order valence-electron chi connectivity index (χ1n) is 8.50. The summed E-state index contributed by atoms with van der Waals surface area (Å²) in [4.78, 5) is 17.0. The highest BCUT2D eigenvalue weighted by atomic mass is 32.1. The van der Waals surface area contributed by atoms with E-state index in [0.29, 0.717) is 0 Å². The zero-order chi connectivity index (χ0) is 16.8. The summed E-state index contributed by atoms with van der Waals surface area (Å²) in [5.74, 6) is 0.186. The fourth-order valence-electron chi connectivity index (χ4n) is 3.37. The van der Waals surface area contributed by atoms with Crippen LogP contribution in [0, 0.1) is 5.92 Å². The predicted molar refractivity (Wildman–Crippen MR) is 95.9 cm³/mol. The van der Waals surface area contributed by atoms with Gasteiger partial charge < -0.3 is 10.1 Å².